The van der Waals surface area contributed by atoms with Crippen molar-refractivity contribution in [1.82, 2.24) is 9.88 Å². The maximum absolute atomic E-state index is 13.8. The Balaban J connectivity index is 1.86. The van der Waals surface area contributed by atoms with Gasteiger partial charge in [0.1, 0.15) is 5.75 Å². The zero-order valence-electron chi connectivity index (χ0n) is 18.7. The molecule has 32 heavy (non-hydrogen) atoms. The molecule has 0 amide bonds. The lowest BCUT2D eigenvalue weighted by Gasteiger charge is -2.45. The third kappa shape index (κ3) is 4.33. The Kier molecular flexibility index (Phi) is 6.17. The summed E-state index contributed by atoms with van der Waals surface area (Å²) in [5.74, 6) is 0.179. The van der Waals surface area contributed by atoms with Gasteiger partial charge < -0.3 is 10.8 Å². The number of nitrogen functional groups attached to an aromatic ring is 1. The van der Waals surface area contributed by atoms with Crippen molar-refractivity contribution in [3.05, 3.63) is 81.8 Å². The summed E-state index contributed by atoms with van der Waals surface area (Å²) in [7, 11) is 0. The third-order valence-corrected chi connectivity index (χ3v) is 7.08. The van der Waals surface area contributed by atoms with Gasteiger partial charge in [0.05, 0.1) is 17.4 Å². The second-order valence-corrected chi connectivity index (χ2v) is 10.0. The van der Waals surface area contributed by atoms with E-state index in [0.717, 1.165) is 35.4 Å². The van der Waals surface area contributed by atoms with Crippen LogP contribution >= 0.6 is 11.3 Å². The Morgan fingerprint density at radius 2 is 2.06 bits per heavy atom. The van der Waals surface area contributed by atoms with E-state index in [9.17, 15) is 9.90 Å². The van der Waals surface area contributed by atoms with Gasteiger partial charge in [0.25, 0.3) is 0 Å². The van der Waals surface area contributed by atoms with E-state index in [2.05, 4.69) is 27.4 Å². The molecule has 3 aromatic rings. The molecule has 6 heteroatoms. The van der Waals surface area contributed by atoms with Gasteiger partial charge in [-0.25, -0.2) is 0 Å². The number of aromatic hydroxyl groups is 1. The zero-order chi connectivity index (χ0) is 22.9. The number of phenols is 1. The Hall–Kier alpha value is -2.96. The van der Waals surface area contributed by atoms with Crippen molar-refractivity contribution in [1.29, 1.82) is 0 Å². The lowest BCUT2D eigenvalue weighted by molar-refractivity contribution is -0.128. The van der Waals surface area contributed by atoms with Gasteiger partial charge in [-0.15, -0.1) is 11.3 Å². The molecule has 3 N–H and O–H groups in total. The smallest absolute Gasteiger partial charge is 0.167 e. The molecule has 5 nitrogen and oxygen atoms in total. The molecule has 1 unspecified atom stereocenters. The van der Waals surface area contributed by atoms with Crippen molar-refractivity contribution >= 4 is 28.4 Å². The van der Waals surface area contributed by atoms with Crippen molar-refractivity contribution in [3.8, 4) is 5.75 Å². The van der Waals surface area contributed by atoms with Crippen LogP contribution in [0.15, 0.2) is 65.7 Å². The highest BCUT2D eigenvalue weighted by Crippen LogP contribution is 2.44. The summed E-state index contributed by atoms with van der Waals surface area (Å²) < 4.78 is 0. The van der Waals surface area contributed by atoms with E-state index in [0.29, 0.717) is 12.2 Å². The first-order valence-electron chi connectivity index (χ1n) is 10.8. The topological polar surface area (TPSA) is 79.5 Å². The number of phenolic OH excluding ortho intramolecular Hbond substituents is 1. The summed E-state index contributed by atoms with van der Waals surface area (Å²) in [6.45, 7) is 7.45. The minimum atomic E-state index is -0.528. The lowest BCUT2D eigenvalue weighted by Crippen LogP contribution is -2.50. The number of pyridine rings is 1. The molecule has 3 heterocycles. The van der Waals surface area contributed by atoms with E-state index in [1.165, 1.54) is 4.88 Å². The summed E-state index contributed by atoms with van der Waals surface area (Å²) >= 11 is 1.75. The van der Waals surface area contributed by atoms with Crippen LogP contribution in [-0.4, -0.2) is 33.9 Å². The second kappa shape index (κ2) is 8.88. The normalized spacial score (nSPS) is 20.3. The maximum atomic E-state index is 13.8. The van der Waals surface area contributed by atoms with Crippen molar-refractivity contribution in [2.24, 2.45) is 5.41 Å². The molecule has 1 aliphatic rings. The summed E-state index contributed by atoms with van der Waals surface area (Å²) in [4.78, 5) is 22.0. The monoisotopic (exact) mass is 447 g/mol. The van der Waals surface area contributed by atoms with Crippen LogP contribution in [0.4, 0.5) is 5.69 Å². The Labute approximate surface area is 193 Å². The molecular weight excluding hydrogens is 418 g/mol. The number of likely N-dealkylation sites (tertiary alicyclic amines) is 1. The number of carbonyl (C=O) groups excluding carboxylic acids is 1. The fourth-order valence-electron chi connectivity index (χ4n) is 4.48. The molecule has 0 aliphatic carbocycles. The minimum absolute atomic E-state index is 0.0494. The largest absolute Gasteiger partial charge is 0.506 e. The highest BCUT2D eigenvalue weighted by Gasteiger charge is 2.45. The van der Waals surface area contributed by atoms with Crippen LogP contribution in [-0.2, 0) is 11.2 Å². The van der Waals surface area contributed by atoms with Crippen LogP contribution in [0.3, 0.4) is 0 Å². The van der Waals surface area contributed by atoms with Crippen molar-refractivity contribution in [2.45, 2.75) is 33.2 Å². The lowest BCUT2D eigenvalue weighted by atomic mass is 9.73. The highest BCUT2D eigenvalue weighted by molar-refractivity contribution is 7.09. The average Bonchev–Trinajstić information content (AvgIpc) is 3.30. The molecule has 1 aliphatic heterocycles. The number of nitrogens with zero attached hydrogens (tertiary/aromatic N) is 2. The minimum Gasteiger partial charge on any atom is -0.506 e. The molecule has 0 spiro atoms. The van der Waals surface area contributed by atoms with E-state index in [1.54, 1.807) is 29.7 Å². The molecule has 0 radical (unpaired) electrons. The Bertz CT molecular complexity index is 1140. The number of anilines is 1. The number of carbonyl (C=O) groups is 1. The number of ketones is 1. The van der Waals surface area contributed by atoms with E-state index >= 15 is 0 Å². The van der Waals surface area contributed by atoms with Crippen LogP contribution in [0.2, 0.25) is 0 Å². The van der Waals surface area contributed by atoms with Crippen molar-refractivity contribution in [2.75, 3.05) is 18.8 Å². The van der Waals surface area contributed by atoms with Crippen molar-refractivity contribution < 1.29 is 9.90 Å². The van der Waals surface area contributed by atoms with Crippen LogP contribution in [0.25, 0.3) is 5.57 Å². The fraction of sp³-hybridized carbons (Fsp3) is 0.308. The number of allylic oxidation sites excluding steroid dienone is 1. The Morgan fingerprint density at radius 1 is 1.25 bits per heavy atom. The Morgan fingerprint density at radius 3 is 2.72 bits per heavy atom. The van der Waals surface area contributed by atoms with Crippen LogP contribution < -0.4 is 5.73 Å². The number of rotatable bonds is 5. The van der Waals surface area contributed by atoms with Gasteiger partial charge in [-0.3, -0.25) is 14.7 Å². The van der Waals surface area contributed by atoms with Crippen molar-refractivity contribution in [3.63, 3.8) is 0 Å². The average molecular weight is 448 g/mol. The first-order chi connectivity index (χ1) is 15.3. The molecular formula is C26H29N3O2S. The fourth-order valence-corrected chi connectivity index (χ4v) is 5.18. The molecule has 0 bridgehead atoms. The van der Waals surface area contributed by atoms with E-state index in [4.69, 9.17) is 5.73 Å². The number of benzene rings is 1. The molecule has 4 rings (SSSR count). The van der Waals surface area contributed by atoms with E-state index in [1.807, 2.05) is 45.0 Å². The molecule has 0 saturated carbocycles. The quantitative estimate of drug-likeness (QED) is 0.323. The maximum Gasteiger partial charge on any atom is 0.167 e. The number of hydrogen-bond donors (Lipinski definition) is 2. The van der Waals surface area contributed by atoms with E-state index < -0.39 is 5.41 Å². The number of thiophene rings is 1. The van der Waals surface area contributed by atoms with Gasteiger partial charge in [0, 0.05) is 35.2 Å². The number of piperidine rings is 1. The molecule has 166 valence electrons. The molecule has 1 aromatic carbocycles. The summed E-state index contributed by atoms with van der Waals surface area (Å²) in [6, 6.07) is 15.0. The summed E-state index contributed by atoms with van der Waals surface area (Å²) in [5, 5.41) is 12.1. The van der Waals surface area contributed by atoms with Gasteiger partial charge in [0.15, 0.2) is 5.78 Å². The molecule has 1 atom stereocenters. The summed E-state index contributed by atoms with van der Waals surface area (Å²) in [5.41, 5.74) is 9.17. The predicted molar refractivity (Wildman–Crippen MR) is 130 cm³/mol. The van der Waals surface area contributed by atoms with Gasteiger partial charge in [-0.05, 0) is 60.2 Å². The summed E-state index contributed by atoms with van der Waals surface area (Å²) in [6.07, 6.45) is 2.65. The van der Waals surface area contributed by atoms with Gasteiger partial charge in [-0.1, -0.05) is 32.0 Å². The molecule has 1 fully saturated rings. The van der Waals surface area contributed by atoms with Crippen LogP contribution in [0.1, 0.15) is 42.9 Å². The van der Waals surface area contributed by atoms with Gasteiger partial charge >= 0.3 is 0 Å². The molecule has 1 saturated heterocycles. The van der Waals surface area contributed by atoms with Crippen LogP contribution in [0, 0.1) is 5.41 Å². The number of aromatic nitrogens is 1. The van der Waals surface area contributed by atoms with Gasteiger partial charge in [-0.2, -0.15) is 0 Å². The van der Waals surface area contributed by atoms with E-state index in [-0.39, 0.29) is 17.6 Å². The number of Topliss-reactive ketones (excluding diaryl/α,β-unsaturated/α-hetero) is 1. The third-order valence-electron chi connectivity index (χ3n) is 6.14. The van der Waals surface area contributed by atoms with Gasteiger partial charge in [0.2, 0.25) is 0 Å². The second-order valence-electron chi connectivity index (χ2n) is 8.99. The highest BCUT2D eigenvalue weighted by atomic mass is 32.1. The number of nitrogens with two attached hydrogens (primary N) is 1. The first kappa shape index (κ1) is 22.2. The first-order valence-corrected chi connectivity index (χ1v) is 11.7. The molecule has 2 aromatic heterocycles. The standard InChI is InChI=1S/C26H29N3O2S/c1-17(21-8-4-5-12-28-21)23-24(18-9-10-22(30)20(27)15-18)29(16-26(2,3)25(23)31)13-11-19-7-6-14-32-19/h4-10,12,14-15,24,30H,11,13,16,27H2,1-3H3. The SMILES string of the molecule is CC(=C1C(=O)C(C)(C)CN(CCc2cccs2)C1c1ccc(O)c(N)c1)c1ccccn1. The van der Waals surface area contributed by atoms with Crippen LogP contribution in [0.5, 0.6) is 5.75 Å². The zero-order valence-corrected chi connectivity index (χ0v) is 19.5. The predicted octanol–water partition coefficient (Wildman–Crippen LogP) is 5.10. The number of hydrogen-bond acceptors (Lipinski definition) is 6.